The van der Waals surface area contributed by atoms with E-state index < -0.39 is 53.6 Å². The van der Waals surface area contributed by atoms with E-state index in [1.165, 1.54) is 14.2 Å². The molecular weight excluding hydrogens is 665 g/mol. The summed E-state index contributed by atoms with van der Waals surface area (Å²) >= 11 is 0. The van der Waals surface area contributed by atoms with Gasteiger partial charge in [-0.3, -0.25) is 24.5 Å². The Balaban J connectivity index is 1.44. The fraction of sp³-hybridized carbons (Fsp3) is 0.333. The number of aromatic nitrogens is 4. The zero-order chi connectivity index (χ0) is 36.5. The van der Waals surface area contributed by atoms with E-state index in [2.05, 4.69) is 20.3 Å². The highest BCUT2D eigenvalue weighted by molar-refractivity contribution is 5.91. The number of carbonyl (C=O) groups excluding carboxylic acids is 1. The van der Waals surface area contributed by atoms with Crippen LogP contribution in [0, 0.1) is 5.92 Å². The summed E-state index contributed by atoms with van der Waals surface area (Å²) in [5, 5.41) is 25.8. The van der Waals surface area contributed by atoms with Crippen LogP contribution in [-0.2, 0) is 24.6 Å². The number of anilines is 1. The van der Waals surface area contributed by atoms with Crippen molar-refractivity contribution in [2.45, 2.75) is 50.0 Å². The third-order valence-corrected chi connectivity index (χ3v) is 8.87. The van der Waals surface area contributed by atoms with E-state index in [1.807, 2.05) is 6.07 Å². The number of aromatic amines is 1. The Labute approximate surface area is 291 Å². The molecule has 2 aromatic heterocycles. The van der Waals surface area contributed by atoms with E-state index in [9.17, 15) is 19.8 Å². The van der Waals surface area contributed by atoms with Crippen molar-refractivity contribution in [3.05, 3.63) is 112 Å². The number of imidazole rings is 1. The third kappa shape index (κ3) is 6.34. The molecule has 14 nitrogen and oxygen atoms in total. The molecule has 1 unspecified atom stereocenters. The zero-order valence-electron chi connectivity index (χ0n) is 28.4. The number of carbonyl (C=O) groups is 1. The molecule has 0 bridgehead atoms. The van der Waals surface area contributed by atoms with Gasteiger partial charge in [-0.2, -0.15) is 4.98 Å². The summed E-state index contributed by atoms with van der Waals surface area (Å²) in [6.07, 6.45) is -6.89. The first kappa shape index (κ1) is 35.6. The van der Waals surface area contributed by atoms with Gasteiger partial charge >= 0.3 is 0 Å². The number of H-pyrrole nitrogens is 1. The highest BCUT2D eigenvalue weighted by Gasteiger charge is 2.61. The van der Waals surface area contributed by atoms with Crippen molar-refractivity contribution in [1.29, 1.82) is 0 Å². The van der Waals surface area contributed by atoms with Crippen molar-refractivity contribution in [3.8, 4) is 11.5 Å². The summed E-state index contributed by atoms with van der Waals surface area (Å²) < 4.78 is 46.8. The molecule has 6 rings (SSSR count). The highest BCUT2D eigenvalue weighted by atomic mass is 19.1. The topological polar surface area (TPSA) is 179 Å². The second kappa shape index (κ2) is 14.2. The van der Waals surface area contributed by atoms with E-state index in [0.29, 0.717) is 28.2 Å². The van der Waals surface area contributed by atoms with Crippen LogP contribution in [0.3, 0.4) is 0 Å². The number of rotatable bonds is 12. The summed E-state index contributed by atoms with van der Waals surface area (Å²) in [5.41, 5.74) is -1.11. The van der Waals surface area contributed by atoms with Crippen LogP contribution in [0.5, 0.6) is 11.5 Å². The lowest BCUT2D eigenvalue weighted by Crippen LogP contribution is -2.50. The molecule has 15 heteroatoms. The number of nitrogens with one attached hydrogen (secondary N) is 2. The molecule has 3 heterocycles. The lowest BCUT2D eigenvalue weighted by Gasteiger charge is -2.38. The maximum Gasteiger partial charge on any atom is 0.280 e. The molecule has 1 saturated heterocycles. The maximum atomic E-state index is 17.1. The number of alkyl halides is 1. The van der Waals surface area contributed by atoms with Gasteiger partial charge in [0.1, 0.15) is 29.3 Å². The van der Waals surface area contributed by atoms with Gasteiger partial charge in [0.2, 0.25) is 24.0 Å². The first-order chi connectivity index (χ1) is 24.5. The van der Waals surface area contributed by atoms with E-state index in [1.54, 1.807) is 86.6 Å². The molecule has 0 saturated carbocycles. The van der Waals surface area contributed by atoms with Crippen molar-refractivity contribution in [2.24, 2.45) is 5.92 Å². The Hall–Kier alpha value is -5.19. The fourth-order valence-electron chi connectivity index (χ4n) is 6.08. The van der Waals surface area contributed by atoms with Gasteiger partial charge in [0.25, 0.3) is 5.56 Å². The normalized spacial score (nSPS) is 21.2. The number of benzene rings is 3. The van der Waals surface area contributed by atoms with Gasteiger partial charge in [0.15, 0.2) is 17.4 Å². The molecule has 1 aliphatic rings. The van der Waals surface area contributed by atoms with Crippen molar-refractivity contribution in [1.82, 2.24) is 19.5 Å². The summed E-state index contributed by atoms with van der Waals surface area (Å²) in [6, 6.07) is 22.7. The van der Waals surface area contributed by atoms with Gasteiger partial charge < -0.3 is 33.9 Å². The molecular formula is C36H38FN5O9. The van der Waals surface area contributed by atoms with Crippen molar-refractivity contribution in [2.75, 3.05) is 26.6 Å². The largest absolute Gasteiger partial charge is 0.497 e. The first-order valence-electron chi connectivity index (χ1n) is 16.0. The van der Waals surface area contributed by atoms with Crippen LogP contribution in [0.1, 0.15) is 36.8 Å². The lowest BCUT2D eigenvalue weighted by atomic mass is 9.80. The van der Waals surface area contributed by atoms with E-state index in [-0.39, 0.29) is 17.1 Å². The Morgan fingerprint density at radius 1 is 0.980 bits per heavy atom. The standard InChI is InChI=1S/C36H38FN5O9/c1-20(2)31(44)40-34-39-30-26(32(45)41-34)38-19-42(30)33-36(46,49-5)28(43)27(50-33)29(37)51-35(21-9-7-6-8-10-21,22-11-15-24(47-3)16-12-22)23-13-17-25(48-4)18-14-23/h6-20,27-29,33,43,46H,1-5H3,(H2,39,40,41,44,45)/t27-,28+,29?,33+,36-/m0/s1. The molecule has 51 heavy (non-hydrogen) atoms. The number of halogens is 1. The second-order valence-electron chi connectivity index (χ2n) is 12.2. The van der Waals surface area contributed by atoms with Gasteiger partial charge in [0, 0.05) is 13.0 Å². The molecule has 3 aromatic carbocycles. The fourth-order valence-corrected chi connectivity index (χ4v) is 6.08. The average Bonchev–Trinajstić information content (AvgIpc) is 3.69. The number of amides is 1. The van der Waals surface area contributed by atoms with E-state index in [4.69, 9.17) is 23.7 Å². The second-order valence-corrected chi connectivity index (χ2v) is 12.2. The average molecular weight is 704 g/mol. The first-order valence-corrected chi connectivity index (χ1v) is 16.0. The number of nitrogens with zero attached hydrogens (tertiary/aromatic N) is 3. The monoisotopic (exact) mass is 703 g/mol. The van der Waals surface area contributed by atoms with Crippen LogP contribution in [0.15, 0.2) is 90.0 Å². The SMILES string of the molecule is COc1ccc(C(OC(F)[C@H]2O[C@@H](n3cnc4c(=O)[nH]c(NC(=O)C(C)C)nc43)[C@@](O)(OC)[C@@H]2O)(c2ccccc2)c2ccc(OC)cc2)cc1. The van der Waals surface area contributed by atoms with E-state index >= 15 is 4.39 Å². The minimum atomic E-state index is -2.59. The minimum absolute atomic E-state index is 0.141. The number of ether oxygens (including phenoxy) is 5. The van der Waals surface area contributed by atoms with Crippen LogP contribution in [-0.4, -0.2) is 81.3 Å². The number of hydrogen-bond donors (Lipinski definition) is 4. The highest BCUT2D eigenvalue weighted by Crippen LogP contribution is 2.47. The van der Waals surface area contributed by atoms with Crippen LogP contribution in [0.4, 0.5) is 10.3 Å². The predicted octanol–water partition coefficient (Wildman–Crippen LogP) is 3.63. The van der Waals surface area contributed by atoms with Crippen molar-refractivity contribution < 1.29 is 43.1 Å². The molecule has 5 atom stereocenters. The number of fused-ring (bicyclic) bond motifs is 1. The molecule has 1 fully saturated rings. The van der Waals surface area contributed by atoms with Crippen molar-refractivity contribution >= 4 is 23.0 Å². The number of hydrogen-bond acceptors (Lipinski definition) is 11. The number of aliphatic hydroxyl groups is 2. The van der Waals surface area contributed by atoms with Crippen molar-refractivity contribution in [3.63, 3.8) is 0 Å². The molecule has 1 aliphatic heterocycles. The van der Waals surface area contributed by atoms with E-state index in [0.717, 1.165) is 18.0 Å². The summed E-state index contributed by atoms with van der Waals surface area (Å²) in [4.78, 5) is 36.1. The van der Waals surface area contributed by atoms with Crippen LogP contribution < -0.4 is 20.3 Å². The molecule has 0 spiro atoms. The number of methoxy groups -OCH3 is 3. The lowest BCUT2D eigenvalue weighted by molar-refractivity contribution is -0.264. The summed E-state index contributed by atoms with van der Waals surface area (Å²) in [7, 11) is 4.16. The molecule has 1 amide bonds. The maximum absolute atomic E-state index is 17.1. The molecule has 0 aliphatic carbocycles. The smallest absolute Gasteiger partial charge is 0.280 e. The van der Waals surface area contributed by atoms with Crippen LogP contribution in [0.25, 0.3) is 11.2 Å². The molecule has 4 N–H and O–H groups in total. The Morgan fingerprint density at radius 2 is 1.55 bits per heavy atom. The zero-order valence-corrected chi connectivity index (χ0v) is 28.4. The third-order valence-electron chi connectivity index (χ3n) is 8.87. The molecule has 5 aromatic rings. The summed E-state index contributed by atoms with van der Waals surface area (Å²) in [6.45, 7) is 3.32. The molecule has 268 valence electrons. The van der Waals surface area contributed by atoms with Crippen LogP contribution in [0.2, 0.25) is 0 Å². The molecule has 0 radical (unpaired) electrons. The van der Waals surface area contributed by atoms with Crippen LogP contribution >= 0.6 is 0 Å². The van der Waals surface area contributed by atoms with Gasteiger partial charge in [-0.15, -0.1) is 0 Å². The van der Waals surface area contributed by atoms with Gasteiger partial charge in [-0.25, -0.2) is 9.37 Å². The summed E-state index contributed by atoms with van der Waals surface area (Å²) in [5.74, 6) is -2.51. The van der Waals surface area contributed by atoms with Gasteiger partial charge in [0.05, 0.1) is 20.5 Å². The Morgan fingerprint density at radius 3 is 2.08 bits per heavy atom. The number of aliphatic hydroxyl groups excluding tert-OH is 1. The minimum Gasteiger partial charge on any atom is -0.497 e. The van der Waals surface area contributed by atoms with Gasteiger partial charge in [-0.1, -0.05) is 68.4 Å². The predicted molar refractivity (Wildman–Crippen MR) is 182 cm³/mol. The quantitative estimate of drug-likeness (QED) is 0.110. The Kier molecular flexibility index (Phi) is 9.92. The van der Waals surface area contributed by atoms with Gasteiger partial charge in [-0.05, 0) is 41.0 Å². The Bertz CT molecular complexity index is 1990.